The molecule has 1 fully saturated rings. The third-order valence-electron chi connectivity index (χ3n) is 5.60. The zero-order valence-electron chi connectivity index (χ0n) is 17.2. The molecule has 1 radical (unpaired) electrons. The Kier molecular flexibility index (Phi) is 6.97. The van der Waals surface area contributed by atoms with Crippen molar-refractivity contribution >= 4 is 27.2 Å². The van der Waals surface area contributed by atoms with E-state index in [0.29, 0.717) is 0 Å². The first-order valence-corrected chi connectivity index (χ1v) is 11.4. The SMILES string of the molecule is FC(F)(F)Oc1ccc(CCCCCN2CCN(c3cccc4s[c]nc34)CC2)cc1. The van der Waals surface area contributed by atoms with E-state index in [1.807, 2.05) is 0 Å². The highest BCUT2D eigenvalue weighted by molar-refractivity contribution is 7.16. The van der Waals surface area contributed by atoms with Crippen LogP contribution in [0.15, 0.2) is 42.5 Å². The minimum absolute atomic E-state index is 0.167. The molecule has 8 heteroatoms. The van der Waals surface area contributed by atoms with E-state index in [1.165, 1.54) is 22.5 Å². The number of fused-ring (bicyclic) bond motifs is 1. The number of para-hydroxylation sites is 1. The standard InChI is InChI=1S/C23H25F3N3OS/c24-23(25,26)30-19-10-8-18(9-11-19)5-2-1-3-12-28-13-15-29(16-14-28)20-6-4-7-21-22(20)27-17-31-21/h4,6-11H,1-3,5,12-16H2. The lowest BCUT2D eigenvalue weighted by Gasteiger charge is -2.36. The zero-order valence-corrected chi connectivity index (χ0v) is 18.0. The number of anilines is 1. The van der Waals surface area contributed by atoms with Crippen LogP contribution in [0.5, 0.6) is 5.75 Å². The van der Waals surface area contributed by atoms with Crippen LogP contribution in [-0.4, -0.2) is 49.0 Å². The molecule has 4 rings (SSSR count). The summed E-state index contributed by atoms with van der Waals surface area (Å²) in [5.74, 6) is -0.167. The highest BCUT2D eigenvalue weighted by Crippen LogP contribution is 2.28. The minimum atomic E-state index is -4.64. The fraction of sp³-hybridized carbons (Fsp3) is 0.435. The van der Waals surface area contributed by atoms with Gasteiger partial charge in [-0.3, -0.25) is 4.90 Å². The molecule has 4 nitrogen and oxygen atoms in total. The normalized spacial score (nSPS) is 15.5. The van der Waals surface area contributed by atoms with Crippen molar-refractivity contribution in [1.29, 1.82) is 0 Å². The highest BCUT2D eigenvalue weighted by Gasteiger charge is 2.30. The molecule has 1 aromatic heterocycles. The van der Waals surface area contributed by atoms with Crippen molar-refractivity contribution in [3.8, 4) is 5.75 Å². The Labute approximate surface area is 184 Å². The molecule has 0 saturated carbocycles. The maximum atomic E-state index is 12.2. The largest absolute Gasteiger partial charge is 0.573 e. The number of alkyl halides is 3. The molecule has 1 aliphatic heterocycles. The van der Waals surface area contributed by atoms with Crippen molar-refractivity contribution in [2.45, 2.75) is 32.0 Å². The number of thiazole rings is 1. The molecule has 1 saturated heterocycles. The van der Waals surface area contributed by atoms with Gasteiger partial charge in [-0.05, 0) is 55.6 Å². The van der Waals surface area contributed by atoms with Crippen molar-refractivity contribution in [2.24, 2.45) is 0 Å². The van der Waals surface area contributed by atoms with Crippen LogP contribution in [0.3, 0.4) is 0 Å². The summed E-state index contributed by atoms with van der Waals surface area (Å²) >= 11 is 1.56. The molecule has 0 aliphatic carbocycles. The summed E-state index contributed by atoms with van der Waals surface area (Å²) < 4.78 is 41.7. The van der Waals surface area contributed by atoms with E-state index in [0.717, 1.165) is 69.5 Å². The second-order valence-electron chi connectivity index (χ2n) is 7.76. The number of hydrogen-bond acceptors (Lipinski definition) is 5. The minimum Gasteiger partial charge on any atom is -0.406 e. The van der Waals surface area contributed by atoms with Crippen molar-refractivity contribution < 1.29 is 17.9 Å². The number of aryl methyl sites for hydroxylation is 1. The maximum absolute atomic E-state index is 12.2. The first kappa shape index (κ1) is 21.9. The maximum Gasteiger partial charge on any atom is 0.573 e. The third kappa shape index (κ3) is 6.11. The number of unbranched alkanes of at least 4 members (excludes halogenated alkanes) is 2. The molecule has 0 N–H and O–H groups in total. The van der Waals surface area contributed by atoms with Gasteiger partial charge in [0, 0.05) is 26.2 Å². The van der Waals surface area contributed by atoms with E-state index in [-0.39, 0.29) is 5.75 Å². The Bertz CT molecular complexity index is 966. The van der Waals surface area contributed by atoms with Crippen LogP contribution in [0, 0.1) is 5.51 Å². The number of aromatic nitrogens is 1. The molecule has 1 aliphatic rings. The Morgan fingerprint density at radius 3 is 2.48 bits per heavy atom. The highest BCUT2D eigenvalue weighted by atomic mass is 32.1. The number of rotatable bonds is 8. The summed E-state index contributed by atoms with van der Waals surface area (Å²) in [7, 11) is 0. The zero-order chi connectivity index (χ0) is 21.7. The van der Waals surface area contributed by atoms with E-state index >= 15 is 0 Å². The van der Waals surface area contributed by atoms with E-state index in [4.69, 9.17) is 0 Å². The van der Waals surface area contributed by atoms with Gasteiger partial charge >= 0.3 is 6.36 Å². The van der Waals surface area contributed by atoms with Crippen LogP contribution in [0.4, 0.5) is 18.9 Å². The van der Waals surface area contributed by atoms with Gasteiger partial charge in [0.05, 0.1) is 10.4 Å². The van der Waals surface area contributed by atoms with Gasteiger partial charge in [0.15, 0.2) is 5.51 Å². The molecule has 2 heterocycles. The van der Waals surface area contributed by atoms with Gasteiger partial charge in [0.2, 0.25) is 0 Å². The fourth-order valence-electron chi connectivity index (χ4n) is 3.99. The molecule has 0 bridgehead atoms. The van der Waals surface area contributed by atoms with Crippen LogP contribution in [0.25, 0.3) is 10.2 Å². The fourth-order valence-corrected chi connectivity index (χ4v) is 4.62. The summed E-state index contributed by atoms with van der Waals surface area (Å²) in [6, 6.07) is 12.5. The number of nitrogens with zero attached hydrogens (tertiary/aromatic N) is 3. The number of hydrogen-bond donors (Lipinski definition) is 0. The van der Waals surface area contributed by atoms with Crippen LogP contribution in [0.1, 0.15) is 24.8 Å². The summed E-state index contributed by atoms with van der Waals surface area (Å²) in [5.41, 5.74) is 6.30. The summed E-state index contributed by atoms with van der Waals surface area (Å²) in [6.07, 6.45) is -0.503. The Balaban J connectivity index is 1.14. The van der Waals surface area contributed by atoms with Crippen molar-refractivity contribution in [3.05, 3.63) is 53.5 Å². The van der Waals surface area contributed by atoms with E-state index in [9.17, 15) is 13.2 Å². The van der Waals surface area contributed by atoms with Crippen LogP contribution < -0.4 is 9.64 Å². The lowest BCUT2D eigenvalue weighted by Crippen LogP contribution is -2.46. The molecule has 0 spiro atoms. The first-order chi connectivity index (χ1) is 15.0. The molecule has 0 atom stereocenters. The summed E-state index contributed by atoms with van der Waals surface area (Å²) in [4.78, 5) is 9.33. The van der Waals surface area contributed by atoms with Gasteiger partial charge in [-0.1, -0.05) is 24.6 Å². The number of benzene rings is 2. The summed E-state index contributed by atoms with van der Waals surface area (Å²) in [6.45, 7) is 5.18. The predicted molar refractivity (Wildman–Crippen MR) is 118 cm³/mol. The van der Waals surface area contributed by atoms with Crippen molar-refractivity contribution in [1.82, 2.24) is 9.88 Å². The van der Waals surface area contributed by atoms with E-state index in [2.05, 4.69) is 43.2 Å². The molecule has 31 heavy (non-hydrogen) atoms. The monoisotopic (exact) mass is 448 g/mol. The number of piperazine rings is 1. The van der Waals surface area contributed by atoms with Gasteiger partial charge < -0.3 is 9.64 Å². The van der Waals surface area contributed by atoms with Gasteiger partial charge in [-0.2, -0.15) is 0 Å². The van der Waals surface area contributed by atoms with Crippen LogP contribution >= 0.6 is 11.3 Å². The molecule has 3 aromatic rings. The van der Waals surface area contributed by atoms with E-state index < -0.39 is 6.36 Å². The van der Waals surface area contributed by atoms with Gasteiger partial charge in [-0.15, -0.1) is 24.5 Å². The average Bonchev–Trinajstić information content (AvgIpc) is 3.23. The van der Waals surface area contributed by atoms with Gasteiger partial charge in [0.25, 0.3) is 0 Å². The van der Waals surface area contributed by atoms with E-state index in [1.54, 1.807) is 23.5 Å². The topological polar surface area (TPSA) is 28.6 Å². The second kappa shape index (κ2) is 9.87. The smallest absolute Gasteiger partial charge is 0.406 e. The van der Waals surface area contributed by atoms with Gasteiger partial charge in [0.1, 0.15) is 11.3 Å². The van der Waals surface area contributed by atoms with Gasteiger partial charge in [-0.25, -0.2) is 4.98 Å². The third-order valence-corrected chi connectivity index (χ3v) is 6.33. The molecular formula is C23H25F3N3OS. The predicted octanol–water partition coefficient (Wildman–Crippen LogP) is 5.53. The Hall–Kier alpha value is -2.32. The summed E-state index contributed by atoms with van der Waals surface area (Å²) in [5, 5.41) is 0. The van der Waals surface area contributed by atoms with Crippen molar-refractivity contribution in [2.75, 3.05) is 37.6 Å². The number of ether oxygens (including phenoxy) is 1. The lowest BCUT2D eigenvalue weighted by atomic mass is 10.1. The molecule has 2 aromatic carbocycles. The Morgan fingerprint density at radius 2 is 1.74 bits per heavy atom. The average molecular weight is 449 g/mol. The molecular weight excluding hydrogens is 423 g/mol. The van der Waals surface area contributed by atoms with Crippen LogP contribution in [-0.2, 0) is 6.42 Å². The van der Waals surface area contributed by atoms with Crippen molar-refractivity contribution in [3.63, 3.8) is 0 Å². The molecule has 165 valence electrons. The number of halogens is 3. The Morgan fingerprint density at radius 1 is 0.968 bits per heavy atom. The lowest BCUT2D eigenvalue weighted by molar-refractivity contribution is -0.274. The first-order valence-electron chi connectivity index (χ1n) is 10.6. The van der Waals surface area contributed by atoms with Crippen LogP contribution in [0.2, 0.25) is 0 Å². The molecule has 0 unspecified atom stereocenters. The second-order valence-corrected chi connectivity index (χ2v) is 8.59. The molecule has 0 amide bonds. The quantitative estimate of drug-likeness (QED) is 0.424.